The molecule has 1 saturated carbocycles. The number of hydrogen-bond acceptors (Lipinski definition) is 2. The molecule has 0 bridgehead atoms. The maximum absolute atomic E-state index is 11.4. The summed E-state index contributed by atoms with van der Waals surface area (Å²) in [5.74, 6) is 2.60. The molecule has 128 valence electrons. The van der Waals surface area contributed by atoms with E-state index in [1.807, 2.05) is 0 Å². The highest BCUT2D eigenvalue weighted by Crippen LogP contribution is 2.29. The highest BCUT2D eigenvalue weighted by molar-refractivity contribution is 5.82. The van der Waals surface area contributed by atoms with E-state index in [0.717, 1.165) is 32.0 Å². The molecule has 1 unspecified atom stereocenters. The number of ketones is 1. The van der Waals surface area contributed by atoms with Crippen LogP contribution in [0.25, 0.3) is 0 Å². The van der Waals surface area contributed by atoms with Gasteiger partial charge in [-0.3, -0.25) is 4.79 Å². The lowest BCUT2D eigenvalue weighted by atomic mass is 9.77. The molecule has 0 radical (unpaired) electrons. The molecule has 0 aromatic carbocycles. The van der Waals surface area contributed by atoms with Crippen molar-refractivity contribution in [2.24, 2.45) is 23.7 Å². The molecule has 1 aliphatic carbocycles. The molecule has 0 aliphatic heterocycles. The van der Waals surface area contributed by atoms with Gasteiger partial charge in [-0.25, -0.2) is 0 Å². The summed E-state index contributed by atoms with van der Waals surface area (Å²) in [5.41, 5.74) is 1.36. The fourth-order valence-electron chi connectivity index (χ4n) is 2.87. The Bertz CT molecular complexity index is 351. The van der Waals surface area contributed by atoms with Gasteiger partial charge in [0.05, 0.1) is 0 Å². The van der Waals surface area contributed by atoms with Gasteiger partial charge in [-0.1, -0.05) is 39.3 Å². The minimum Gasteiger partial charge on any atom is -0.303 e. The lowest BCUT2D eigenvalue weighted by Crippen LogP contribution is -2.27. The largest absolute Gasteiger partial charge is 0.303 e. The molecule has 0 saturated heterocycles. The van der Waals surface area contributed by atoms with Crippen LogP contribution in [0.4, 0.5) is 0 Å². The minimum absolute atomic E-state index is 0.367. The van der Waals surface area contributed by atoms with Crippen LogP contribution in [-0.4, -0.2) is 12.1 Å². The molecule has 0 N–H and O–H groups in total. The molecule has 0 spiro atoms. The number of rotatable bonds is 6. The van der Waals surface area contributed by atoms with Crippen molar-refractivity contribution in [3.63, 3.8) is 0 Å². The van der Waals surface area contributed by atoms with Gasteiger partial charge in [0.2, 0.25) is 0 Å². The molecule has 1 aliphatic rings. The van der Waals surface area contributed by atoms with Gasteiger partial charge in [0, 0.05) is 18.8 Å². The summed E-state index contributed by atoms with van der Waals surface area (Å²) in [4.78, 5) is 21.5. The fraction of sp³-hybridized carbons (Fsp3) is 0.800. The normalized spacial score (nSPS) is 22.6. The summed E-state index contributed by atoms with van der Waals surface area (Å²) in [6.07, 6.45) is 9.36. The number of carbonyl (C=O) groups excluding carboxylic acids is 2. The van der Waals surface area contributed by atoms with Gasteiger partial charge in [0.1, 0.15) is 12.1 Å². The molecular weight excluding hydrogens is 272 g/mol. The molecular formula is C20H36O2. The molecule has 1 fully saturated rings. The molecule has 3 atom stereocenters. The lowest BCUT2D eigenvalue weighted by molar-refractivity contribution is -0.127. The number of aldehydes is 1. The van der Waals surface area contributed by atoms with Gasteiger partial charge in [-0.15, -0.1) is 0 Å². The molecule has 0 aromatic rings. The monoisotopic (exact) mass is 308 g/mol. The van der Waals surface area contributed by atoms with E-state index in [-0.39, 0.29) is 0 Å². The highest BCUT2D eigenvalue weighted by Gasteiger charge is 2.27. The average molecular weight is 309 g/mol. The zero-order valence-electron chi connectivity index (χ0n) is 15.5. The first-order valence-electron chi connectivity index (χ1n) is 8.87. The van der Waals surface area contributed by atoms with Gasteiger partial charge in [-0.05, 0) is 57.3 Å². The van der Waals surface area contributed by atoms with E-state index < -0.39 is 0 Å². The Morgan fingerprint density at radius 3 is 2.32 bits per heavy atom. The number of Topliss-reactive ketones (excluding diaryl/α,β-unsaturated/α-hetero) is 1. The predicted octanol–water partition coefficient (Wildman–Crippen LogP) is 5.61. The highest BCUT2D eigenvalue weighted by atomic mass is 16.1. The lowest BCUT2D eigenvalue weighted by Gasteiger charge is -2.27. The van der Waals surface area contributed by atoms with Crippen LogP contribution < -0.4 is 0 Å². The zero-order chi connectivity index (χ0) is 17.1. The van der Waals surface area contributed by atoms with Gasteiger partial charge in [0.15, 0.2) is 0 Å². The third kappa shape index (κ3) is 9.92. The maximum atomic E-state index is 11.4. The topological polar surface area (TPSA) is 34.1 Å². The first-order chi connectivity index (χ1) is 10.3. The van der Waals surface area contributed by atoms with E-state index in [2.05, 4.69) is 47.6 Å². The zero-order valence-corrected chi connectivity index (χ0v) is 15.5. The van der Waals surface area contributed by atoms with E-state index in [9.17, 15) is 9.59 Å². The standard InChI is InChI=1S/2C10H18O/c1-7(2)9-5-4-8(3)6-10(9)11;1-9(2)5-4-6-10(3)7-8-11/h7-9H,4-6H2,1-3H3;5,8,10H,4,6-7H2,1-3H3/t8-,9-;/m1./s1. The van der Waals surface area contributed by atoms with Crippen molar-refractivity contribution in [2.45, 2.75) is 80.1 Å². The predicted molar refractivity (Wildman–Crippen MR) is 94.9 cm³/mol. The second-order valence-corrected chi connectivity index (χ2v) is 7.57. The molecule has 0 heterocycles. The van der Waals surface area contributed by atoms with Crippen LogP contribution in [0.1, 0.15) is 80.1 Å². The Morgan fingerprint density at radius 1 is 1.23 bits per heavy atom. The Kier molecular flexibility index (Phi) is 11.1. The third-order valence-corrected chi connectivity index (χ3v) is 4.45. The van der Waals surface area contributed by atoms with E-state index >= 15 is 0 Å². The van der Waals surface area contributed by atoms with Crippen LogP contribution >= 0.6 is 0 Å². The van der Waals surface area contributed by atoms with Crippen molar-refractivity contribution in [2.75, 3.05) is 0 Å². The molecule has 0 aromatic heterocycles. The molecule has 2 heteroatoms. The summed E-state index contributed by atoms with van der Waals surface area (Å²) in [6, 6.07) is 0. The molecule has 2 nitrogen and oxygen atoms in total. The first kappa shape index (κ1) is 21.1. The van der Waals surface area contributed by atoms with Crippen LogP contribution in [0, 0.1) is 23.7 Å². The molecule has 0 amide bonds. The summed E-state index contributed by atoms with van der Waals surface area (Å²) in [5, 5.41) is 0. The van der Waals surface area contributed by atoms with Crippen molar-refractivity contribution in [3.05, 3.63) is 11.6 Å². The minimum atomic E-state index is 0.367. The van der Waals surface area contributed by atoms with Gasteiger partial charge in [-0.2, -0.15) is 0 Å². The van der Waals surface area contributed by atoms with E-state index in [4.69, 9.17) is 0 Å². The SMILES string of the molecule is CC(C)=CCCC(C)CC=O.CC(C)[C@H]1CC[C@@H](C)CC1=O. The summed E-state index contributed by atoms with van der Waals surface area (Å²) in [7, 11) is 0. The summed E-state index contributed by atoms with van der Waals surface area (Å²) in [6.45, 7) is 12.8. The Balaban J connectivity index is 0.000000401. The smallest absolute Gasteiger partial charge is 0.136 e. The van der Waals surface area contributed by atoms with E-state index in [0.29, 0.717) is 35.9 Å². The summed E-state index contributed by atoms with van der Waals surface area (Å²) >= 11 is 0. The summed E-state index contributed by atoms with van der Waals surface area (Å²) < 4.78 is 0. The van der Waals surface area contributed by atoms with Crippen LogP contribution in [0.2, 0.25) is 0 Å². The Hall–Kier alpha value is -0.920. The second-order valence-electron chi connectivity index (χ2n) is 7.57. The average Bonchev–Trinajstić information content (AvgIpc) is 2.38. The third-order valence-electron chi connectivity index (χ3n) is 4.45. The van der Waals surface area contributed by atoms with Crippen LogP contribution in [0.3, 0.4) is 0 Å². The quantitative estimate of drug-likeness (QED) is 0.472. The van der Waals surface area contributed by atoms with Crippen molar-refractivity contribution in [1.82, 2.24) is 0 Å². The van der Waals surface area contributed by atoms with Gasteiger partial charge < -0.3 is 4.79 Å². The van der Waals surface area contributed by atoms with Crippen molar-refractivity contribution in [1.29, 1.82) is 0 Å². The number of carbonyl (C=O) groups is 2. The van der Waals surface area contributed by atoms with Crippen molar-refractivity contribution < 1.29 is 9.59 Å². The maximum Gasteiger partial charge on any atom is 0.136 e. The van der Waals surface area contributed by atoms with Crippen LogP contribution in [-0.2, 0) is 9.59 Å². The van der Waals surface area contributed by atoms with Gasteiger partial charge >= 0.3 is 0 Å². The Morgan fingerprint density at radius 2 is 1.86 bits per heavy atom. The van der Waals surface area contributed by atoms with Crippen molar-refractivity contribution in [3.8, 4) is 0 Å². The first-order valence-corrected chi connectivity index (χ1v) is 8.87. The second kappa shape index (κ2) is 11.6. The fourth-order valence-corrected chi connectivity index (χ4v) is 2.87. The van der Waals surface area contributed by atoms with Crippen LogP contribution in [0.15, 0.2) is 11.6 Å². The number of allylic oxidation sites excluding steroid dienone is 2. The molecule has 1 rings (SSSR count). The van der Waals surface area contributed by atoms with E-state index in [1.54, 1.807) is 0 Å². The Labute approximate surface area is 137 Å². The van der Waals surface area contributed by atoms with Crippen LogP contribution in [0.5, 0.6) is 0 Å². The molecule has 22 heavy (non-hydrogen) atoms. The van der Waals surface area contributed by atoms with E-state index in [1.165, 1.54) is 12.0 Å². The van der Waals surface area contributed by atoms with Crippen molar-refractivity contribution >= 4 is 12.1 Å². The number of hydrogen-bond donors (Lipinski definition) is 0. The van der Waals surface area contributed by atoms with Gasteiger partial charge in [0.25, 0.3) is 0 Å².